The van der Waals surface area contributed by atoms with Gasteiger partial charge >= 0.3 is 5.97 Å². The van der Waals surface area contributed by atoms with Crippen LogP contribution in [0.2, 0.25) is 0 Å². The van der Waals surface area contributed by atoms with E-state index in [4.69, 9.17) is 4.74 Å². The van der Waals surface area contributed by atoms with Gasteiger partial charge in [-0.2, -0.15) is 0 Å². The number of fused-ring (bicyclic) bond motifs is 3. The van der Waals surface area contributed by atoms with Crippen molar-refractivity contribution in [1.82, 2.24) is 4.90 Å². The van der Waals surface area contributed by atoms with Crippen LogP contribution in [0.3, 0.4) is 0 Å². The second-order valence-corrected chi connectivity index (χ2v) is 10.5. The molecule has 2 fully saturated rings. The number of aryl methyl sites for hydroxylation is 2. The number of rotatable bonds is 3. The molecule has 2 unspecified atom stereocenters. The highest BCUT2D eigenvalue weighted by Crippen LogP contribution is 2.55. The average Bonchev–Trinajstić information content (AvgIpc) is 3.09. The van der Waals surface area contributed by atoms with Gasteiger partial charge < -0.3 is 9.64 Å². The molecule has 26 heavy (non-hydrogen) atoms. The molecule has 2 heterocycles. The topological polar surface area (TPSA) is 46.6 Å². The zero-order valence-corrected chi connectivity index (χ0v) is 16.9. The first-order chi connectivity index (χ1) is 12.3. The number of amides is 1. The molecular formula is C21H29NO3S. The molecule has 1 aliphatic heterocycles. The Labute approximate surface area is 159 Å². The summed E-state index contributed by atoms with van der Waals surface area (Å²) in [6.45, 7) is 7.52. The molecule has 0 radical (unpaired) electrons. The fourth-order valence-electron chi connectivity index (χ4n) is 5.47. The van der Waals surface area contributed by atoms with E-state index in [0.29, 0.717) is 10.3 Å². The van der Waals surface area contributed by atoms with E-state index in [1.165, 1.54) is 23.3 Å². The minimum atomic E-state index is -0.342. The maximum Gasteiger partial charge on any atom is 0.348 e. The predicted molar refractivity (Wildman–Crippen MR) is 102 cm³/mol. The van der Waals surface area contributed by atoms with Gasteiger partial charge in [-0.1, -0.05) is 20.8 Å². The molecule has 142 valence electrons. The Kier molecular flexibility index (Phi) is 4.41. The fourth-order valence-corrected chi connectivity index (χ4v) is 6.62. The van der Waals surface area contributed by atoms with E-state index in [1.54, 1.807) is 11.3 Å². The second-order valence-electron chi connectivity index (χ2n) is 9.38. The van der Waals surface area contributed by atoms with E-state index in [-0.39, 0.29) is 29.9 Å². The number of carbonyl (C=O) groups excluding carboxylic acids is 2. The van der Waals surface area contributed by atoms with Crippen molar-refractivity contribution in [2.45, 2.75) is 71.8 Å². The summed E-state index contributed by atoms with van der Waals surface area (Å²) < 4.78 is 5.40. The summed E-state index contributed by atoms with van der Waals surface area (Å²) in [7, 11) is 0. The Balaban J connectivity index is 1.38. The highest BCUT2D eigenvalue weighted by molar-refractivity contribution is 7.14. The van der Waals surface area contributed by atoms with Gasteiger partial charge in [-0.25, -0.2) is 4.79 Å². The molecule has 4 rings (SSSR count). The van der Waals surface area contributed by atoms with E-state index in [1.807, 2.05) is 11.0 Å². The van der Waals surface area contributed by atoms with Crippen molar-refractivity contribution in [3.63, 3.8) is 0 Å². The smallest absolute Gasteiger partial charge is 0.348 e. The van der Waals surface area contributed by atoms with Crippen LogP contribution in [0.25, 0.3) is 0 Å². The molecule has 0 spiro atoms. The predicted octanol–water partition coefficient (Wildman–Crippen LogP) is 4.21. The largest absolute Gasteiger partial charge is 0.451 e. The van der Waals surface area contributed by atoms with Gasteiger partial charge in [0.1, 0.15) is 4.88 Å². The quantitative estimate of drug-likeness (QED) is 0.744. The number of thiophene rings is 1. The number of piperidine rings is 1. The summed E-state index contributed by atoms with van der Waals surface area (Å²) in [6.07, 6.45) is 7.79. The van der Waals surface area contributed by atoms with Crippen LogP contribution in [0.5, 0.6) is 0 Å². The number of nitrogens with zero attached hydrogens (tertiary/aromatic N) is 1. The van der Waals surface area contributed by atoms with Gasteiger partial charge in [0.05, 0.1) is 0 Å². The zero-order chi connectivity index (χ0) is 18.5. The Morgan fingerprint density at radius 1 is 1.27 bits per heavy atom. The van der Waals surface area contributed by atoms with E-state index in [2.05, 4.69) is 20.8 Å². The van der Waals surface area contributed by atoms with E-state index >= 15 is 0 Å². The number of hydrogen-bond acceptors (Lipinski definition) is 4. The molecule has 2 bridgehead atoms. The summed E-state index contributed by atoms with van der Waals surface area (Å²) in [4.78, 5) is 29.1. The molecule has 2 atom stereocenters. The number of ether oxygens (including phenoxy) is 1. The van der Waals surface area contributed by atoms with Crippen LogP contribution in [0, 0.1) is 10.8 Å². The molecular weight excluding hydrogens is 346 g/mol. The summed E-state index contributed by atoms with van der Waals surface area (Å²) in [6, 6.07) is 2.24. The van der Waals surface area contributed by atoms with Gasteiger partial charge in [0, 0.05) is 17.5 Å². The van der Waals surface area contributed by atoms with Gasteiger partial charge in [-0.05, 0) is 67.4 Å². The summed E-state index contributed by atoms with van der Waals surface area (Å²) >= 11 is 1.54. The third kappa shape index (κ3) is 3.19. The summed E-state index contributed by atoms with van der Waals surface area (Å²) in [5.41, 5.74) is 1.79. The lowest BCUT2D eigenvalue weighted by atomic mass is 9.81. The van der Waals surface area contributed by atoms with E-state index in [0.717, 1.165) is 38.6 Å². The van der Waals surface area contributed by atoms with E-state index in [9.17, 15) is 9.59 Å². The second kappa shape index (κ2) is 6.36. The van der Waals surface area contributed by atoms with E-state index < -0.39 is 0 Å². The fraction of sp³-hybridized carbons (Fsp3) is 0.714. The van der Waals surface area contributed by atoms with Crippen molar-refractivity contribution in [1.29, 1.82) is 0 Å². The van der Waals surface area contributed by atoms with Crippen LogP contribution < -0.4 is 0 Å². The van der Waals surface area contributed by atoms with Crippen molar-refractivity contribution in [3.05, 3.63) is 21.4 Å². The Morgan fingerprint density at radius 2 is 2.04 bits per heavy atom. The number of hydrogen-bond donors (Lipinski definition) is 0. The maximum absolute atomic E-state index is 12.8. The number of carbonyl (C=O) groups is 2. The van der Waals surface area contributed by atoms with Crippen LogP contribution in [0.1, 0.15) is 73.0 Å². The molecule has 1 saturated heterocycles. The van der Waals surface area contributed by atoms with Crippen LogP contribution in [-0.2, 0) is 22.4 Å². The van der Waals surface area contributed by atoms with Crippen LogP contribution in [-0.4, -0.2) is 36.0 Å². The molecule has 1 aromatic rings. The molecule has 0 aromatic carbocycles. The number of likely N-dealkylation sites (tertiary alicyclic amines) is 1. The normalized spacial score (nSPS) is 29.3. The Morgan fingerprint density at radius 3 is 2.81 bits per heavy atom. The summed E-state index contributed by atoms with van der Waals surface area (Å²) in [5.74, 6) is -0.382. The Bertz CT molecular complexity index is 714. The average molecular weight is 376 g/mol. The van der Waals surface area contributed by atoms with Gasteiger partial charge in [0.25, 0.3) is 5.91 Å². The SMILES string of the molecule is CC12CCN(C(=O)COC(=O)c3cc4c(s3)CCCC4)C(C1)C(C)(C)C2. The highest BCUT2D eigenvalue weighted by Gasteiger charge is 2.53. The molecule has 1 amide bonds. The van der Waals surface area contributed by atoms with Crippen LogP contribution in [0.4, 0.5) is 0 Å². The van der Waals surface area contributed by atoms with Gasteiger partial charge in [-0.3, -0.25) is 4.79 Å². The van der Waals surface area contributed by atoms with Gasteiger partial charge in [0.2, 0.25) is 0 Å². The molecule has 1 saturated carbocycles. The molecule has 0 N–H and O–H groups in total. The maximum atomic E-state index is 12.8. The minimum absolute atomic E-state index is 0.0401. The molecule has 3 aliphatic rings. The molecule has 4 nitrogen and oxygen atoms in total. The lowest BCUT2D eigenvalue weighted by molar-refractivity contribution is -0.140. The zero-order valence-electron chi connectivity index (χ0n) is 16.1. The first kappa shape index (κ1) is 18.0. The molecule has 5 heteroatoms. The molecule has 1 aromatic heterocycles. The minimum Gasteiger partial charge on any atom is -0.451 e. The Hall–Kier alpha value is -1.36. The third-order valence-electron chi connectivity index (χ3n) is 6.65. The summed E-state index contributed by atoms with van der Waals surface area (Å²) in [5, 5.41) is 0. The van der Waals surface area contributed by atoms with Gasteiger partial charge in [-0.15, -0.1) is 11.3 Å². The standard InChI is InChI=1S/C21H29NO3S/c1-20(2)13-21(3)8-9-22(17(20)11-21)18(23)12-25-19(24)16-10-14-6-4-5-7-15(14)26-16/h10,17H,4-9,11-13H2,1-3H3. The van der Waals surface area contributed by atoms with Crippen molar-refractivity contribution in [3.8, 4) is 0 Å². The highest BCUT2D eigenvalue weighted by atomic mass is 32.1. The first-order valence-electron chi connectivity index (χ1n) is 9.86. The van der Waals surface area contributed by atoms with Crippen LogP contribution in [0.15, 0.2) is 6.07 Å². The molecule has 2 aliphatic carbocycles. The first-order valence-corrected chi connectivity index (χ1v) is 10.7. The van der Waals surface area contributed by atoms with Crippen LogP contribution >= 0.6 is 11.3 Å². The van der Waals surface area contributed by atoms with Gasteiger partial charge in [0.15, 0.2) is 6.61 Å². The van der Waals surface area contributed by atoms with Crippen molar-refractivity contribution in [2.24, 2.45) is 10.8 Å². The van der Waals surface area contributed by atoms with Crippen molar-refractivity contribution in [2.75, 3.05) is 13.2 Å². The lowest BCUT2D eigenvalue weighted by Gasteiger charge is -2.40. The third-order valence-corrected chi connectivity index (χ3v) is 7.87. The number of esters is 1. The monoisotopic (exact) mass is 375 g/mol. The lowest BCUT2D eigenvalue weighted by Crippen LogP contribution is -2.49. The van der Waals surface area contributed by atoms with Crippen molar-refractivity contribution < 1.29 is 14.3 Å². The van der Waals surface area contributed by atoms with Crippen molar-refractivity contribution >= 4 is 23.2 Å².